The quantitative estimate of drug-likeness (QED) is 0.0139. The Morgan fingerprint density at radius 1 is 0.326 bits per heavy atom. The summed E-state index contributed by atoms with van der Waals surface area (Å²) in [6.07, 6.45) is 83.1. The van der Waals surface area contributed by atoms with Crippen LogP contribution in [0.3, 0.4) is 0 Å². The Labute approximate surface area is 894 Å². The average Bonchev–Trinajstić information content (AvgIpc) is 0.819. The Morgan fingerprint density at radius 3 is 0.887 bits per heavy atom. The number of ether oxygens (including phenoxy) is 5. The molecule has 0 aliphatic heterocycles. The average molecular weight is 2180 g/mol. The SMILES string of the molecule is CCBr.CCCCCCCCCCCCCCCCc1cc(OC2CCC2)nc(N(C)C)n1.CCCCCCCCCCCCCCCCc1nc(N(C)C)nc(OC2CCC2)c1Br.CCCCCCCCCCCCCCCCc1nc(N(C)C)nc(OC2CCC2)c1O.CNC.Cc1cc(Cl)nc(Cl)n1.Cc1cc(OC2CCC2)nc(Cl)n1.Cc1cc(OC2CCC2)nc(N(C)C)n1.Cl.OC1CCC1. The Hall–Kier alpha value is -5.48. The fourth-order valence-corrected chi connectivity index (χ4v) is 16.8. The van der Waals surface area contributed by atoms with Gasteiger partial charge in [0.25, 0.3) is 5.88 Å². The van der Waals surface area contributed by atoms with E-state index >= 15 is 0 Å². The molecule has 6 aromatic rings. The first-order valence-corrected chi connectivity index (χ1v) is 58.2. The van der Waals surface area contributed by atoms with E-state index in [9.17, 15) is 5.11 Å². The van der Waals surface area contributed by atoms with Gasteiger partial charge in [-0.15, -0.1) is 12.4 Å². The van der Waals surface area contributed by atoms with Crippen molar-refractivity contribution in [3.8, 4) is 35.1 Å². The molecule has 6 aliphatic rings. The number of aromatic hydroxyl groups is 1. The topological polar surface area (TPSA) is 266 Å². The molecular formula is C111H193Br2Cl4N17O7. The number of nitrogens with zero attached hydrogens (tertiary/aromatic N) is 16. The second-order valence-corrected chi connectivity index (χ2v) is 42.9. The highest BCUT2D eigenvalue weighted by Crippen LogP contribution is 2.37. The zero-order valence-electron chi connectivity index (χ0n) is 90.9. The summed E-state index contributed by atoms with van der Waals surface area (Å²) >= 11 is 23.5. The zero-order chi connectivity index (χ0) is 102. The lowest BCUT2D eigenvalue weighted by atomic mass is 9.96. The molecule has 30 heteroatoms. The molecule has 6 heterocycles. The van der Waals surface area contributed by atoms with Gasteiger partial charge in [0.2, 0.25) is 63.6 Å². The van der Waals surface area contributed by atoms with E-state index in [0.717, 1.165) is 170 Å². The summed E-state index contributed by atoms with van der Waals surface area (Å²) in [5, 5.41) is 23.7. The molecule has 6 fully saturated rings. The van der Waals surface area contributed by atoms with Crippen molar-refractivity contribution in [3.05, 3.63) is 78.6 Å². The first kappa shape index (κ1) is 130. The minimum absolute atomic E-state index is 0. The number of nitrogens with one attached hydrogen (secondary N) is 1. The summed E-state index contributed by atoms with van der Waals surface area (Å²) in [6, 6.07) is 7.41. The van der Waals surface area contributed by atoms with E-state index < -0.39 is 0 Å². The number of hydrogen-bond acceptors (Lipinski definition) is 24. The normalized spacial score (nSPS) is 14.1. The summed E-state index contributed by atoms with van der Waals surface area (Å²) in [5.74, 6) is 6.15. The van der Waals surface area contributed by atoms with Crippen molar-refractivity contribution in [2.45, 2.75) is 490 Å². The number of aliphatic hydroxyl groups is 1. The predicted molar refractivity (Wildman–Crippen MR) is 603 cm³/mol. The standard InChI is InChI=1S/C26H46BrN3O.C26H47N3O2.C26H47N3O.C11H17N3O.C9H11ClN2O.C5H4Cl2N2.C4H8O.C2H5Br.C2H7N.ClH/c1-4-5-6-7-8-9-10-11-12-13-14-15-16-17-21-23-24(27)25(31-22-19-18-20-22)29-26(28-23)30(2)3;1-4-5-6-7-8-9-10-11-12-13-14-15-16-17-21-23-24(30)25(31-22-19-18-20-22)28-26(27-23)29(2)3;1-4-5-6-7-8-9-10-11-12-13-14-15-16-17-19-23-22-25(30-24-20-18-21-24)28-26(27-23)29(2)3;1-8-7-10(15-9-5-4-6-9)13-11(12-8)14(2)3;1-6-5-8(12-9(10)11-6)13-7-3-2-4-7;1-3-2-4(6)9-5(7)8-3;5-4-2-1-3-4;1-2-3;1-3-2;/h22H,4-21H2,1-3H3;22,30H,4-21H2,1-3H3;22,24H,4-21H2,1-3H3;7,9H,4-6H2,1-3H3;5,7H,2-4H2,1H3;2H,1H3;4-5H,1-3H2;2H2,1H3;3H,1-2H3;1H. The maximum Gasteiger partial charge on any atom is 0.262 e. The number of alkyl halides is 1. The zero-order valence-corrected chi connectivity index (χ0v) is 97.2. The summed E-state index contributed by atoms with van der Waals surface area (Å²) in [4.78, 5) is 59.4. The second kappa shape index (κ2) is 82.5. The fraction of sp³-hybridized carbons (Fsp3) is 0.784. The number of aliphatic hydroxyl groups excluding tert-OH is 1. The molecule has 6 saturated carbocycles. The van der Waals surface area contributed by atoms with E-state index in [1.165, 1.54) is 302 Å². The maximum atomic E-state index is 10.6. The number of anilines is 4. The predicted octanol–water partition coefficient (Wildman–Crippen LogP) is 31.4. The highest BCUT2D eigenvalue weighted by molar-refractivity contribution is 9.10. The highest BCUT2D eigenvalue weighted by atomic mass is 79.9. The van der Waals surface area contributed by atoms with E-state index in [0.29, 0.717) is 59.1 Å². The highest BCUT2D eigenvalue weighted by Gasteiger charge is 2.28. The van der Waals surface area contributed by atoms with E-state index in [1.807, 2.05) is 123 Å². The van der Waals surface area contributed by atoms with Crippen molar-refractivity contribution in [3.63, 3.8) is 0 Å². The van der Waals surface area contributed by atoms with Gasteiger partial charge in [-0.1, -0.05) is 306 Å². The van der Waals surface area contributed by atoms with Crippen LogP contribution in [0.2, 0.25) is 15.7 Å². The number of aromatic nitrogens is 12. The van der Waals surface area contributed by atoms with Crippen LogP contribution in [0, 0.1) is 20.8 Å². The molecule has 0 spiro atoms. The lowest BCUT2D eigenvalue weighted by molar-refractivity contribution is 0.0949. The molecule has 6 aliphatic carbocycles. The minimum Gasteiger partial charge on any atom is -0.502 e. The molecule has 0 saturated heterocycles. The maximum absolute atomic E-state index is 10.6. The molecule has 3 N–H and O–H groups in total. The summed E-state index contributed by atoms with van der Waals surface area (Å²) in [6.45, 7) is 14.5. The molecule has 0 radical (unpaired) electrons. The van der Waals surface area contributed by atoms with Gasteiger partial charge in [-0.05, 0) is 234 Å². The number of unbranched alkanes of at least 4 members (excludes halogenated alkanes) is 39. The first-order valence-electron chi connectivity index (χ1n) is 55.1. The van der Waals surface area contributed by atoms with E-state index in [2.05, 4.69) is 114 Å². The molecule has 0 unspecified atom stereocenters. The first-order chi connectivity index (χ1) is 67.7. The monoisotopic (exact) mass is 2170 g/mol. The van der Waals surface area contributed by atoms with Gasteiger partial charge < -0.3 is 58.8 Å². The Morgan fingerprint density at radius 2 is 0.582 bits per heavy atom. The van der Waals surface area contributed by atoms with E-state index in [4.69, 9.17) is 73.6 Å². The van der Waals surface area contributed by atoms with Crippen LogP contribution in [0.4, 0.5) is 23.8 Å². The van der Waals surface area contributed by atoms with Crippen LogP contribution in [-0.4, -0.2) is 182 Å². The lowest BCUT2D eigenvalue weighted by Crippen LogP contribution is -2.26. The van der Waals surface area contributed by atoms with Gasteiger partial charge in [0, 0.05) is 103 Å². The van der Waals surface area contributed by atoms with Crippen molar-refractivity contribution < 1.29 is 33.9 Å². The van der Waals surface area contributed by atoms with E-state index in [-0.39, 0.29) is 40.9 Å². The number of hydrogen-bond donors (Lipinski definition) is 3. The third kappa shape index (κ3) is 62.4. The van der Waals surface area contributed by atoms with Crippen LogP contribution in [0.1, 0.15) is 447 Å². The van der Waals surface area contributed by atoms with Gasteiger partial charge in [-0.2, -0.15) is 24.9 Å². The Bertz CT molecular complexity index is 3900. The molecule has 806 valence electrons. The molecular weight excluding hydrogens is 1980 g/mol. The molecule has 12 rings (SSSR count). The van der Waals surface area contributed by atoms with Gasteiger partial charge in [0.15, 0.2) is 0 Å². The van der Waals surface area contributed by atoms with Crippen LogP contribution in [0.15, 0.2) is 28.7 Å². The van der Waals surface area contributed by atoms with Crippen LogP contribution in [0.5, 0.6) is 35.1 Å². The third-order valence-corrected chi connectivity index (χ3v) is 27.0. The van der Waals surface area contributed by atoms with Crippen molar-refractivity contribution >= 4 is 103 Å². The smallest absolute Gasteiger partial charge is 0.262 e. The van der Waals surface area contributed by atoms with Gasteiger partial charge in [0.05, 0.1) is 17.5 Å². The van der Waals surface area contributed by atoms with Crippen molar-refractivity contribution in [1.29, 1.82) is 0 Å². The number of aryl methyl sites for hydroxylation is 6. The Kier molecular flexibility index (Phi) is 75.8. The molecule has 0 amide bonds. The van der Waals surface area contributed by atoms with Gasteiger partial charge >= 0.3 is 0 Å². The van der Waals surface area contributed by atoms with Gasteiger partial charge in [-0.3, -0.25) is 0 Å². The van der Waals surface area contributed by atoms with Gasteiger partial charge in [0.1, 0.15) is 40.1 Å². The molecule has 0 aromatic carbocycles. The van der Waals surface area contributed by atoms with Crippen molar-refractivity contribution in [2.75, 3.05) is 95.4 Å². The largest absolute Gasteiger partial charge is 0.502 e. The summed E-state index contributed by atoms with van der Waals surface area (Å²) < 4.78 is 30.3. The van der Waals surface area contributed by atoms with Crippen LogP contribution < -0.4 is 48.6 Å². The molecule has 0 atom stereocenters. The van der Waals surface area contributed by atoms with Crippen molar-refractivity contribution in [1.82, 2.24) is 65.1 Å². The number of halogens is 6. The third-order valence-electron chi connectivity index (χ3n) is 25.6. The lowest BCUT2D eigenvalue weighted by Gasteiger charge is -2.27. The second-order valence-electron chi connectivity index (χ2n) is 39.9. The van der Waals surface area contributed by atoms with Crippen molar-refractivity contribution in [2.24, 2.45) is 0 Å². The molecule has 24 nitrogen and oxygen atoms in total. The molecule has 0 bridgehead atoms. The van der Waals surface area contributed by atoms with Gasteiger partial charge in [-0.25, -0.2) is 34.9 Å². The molecule has 141 heavy (non-hydrogen) atoms. The molecule has 6 aromatic heterocycles. The summed E-state index contributed by atoms with van der Waals surface area (Å²) in [5.41, 5.74) is 5.51. The van der Waals surface area contributed by atoms with E-state index in [1.54, 1.807) is 13.0 Å². The summed E-state index contributed by atoms with van der Waals surface area (Å²) in [7, 11) is 19.5. The number of rotatable bonds is 59. The van der Waals surface area contributed by atoms with Crippen LogP contribution in [-0.2, 0) is 19.3 Å². The fourth-order valence-electron chi connectivity index (χ4n) is 15.6. The Balaban J connectivity index is 0.000000440. The minimum atomic E-state index is 0. The van der Waals surface area contributed by atoms with Crippen LogP contribution >= 0.6 is 79.1 Å². The van der Waals surface area contributed by atoms with Crippen LogP contribution in [0.25, 0.3) is 0 Å².